The summed E-state index contributed by atoms with van der Waals surface area (Å²) in [4.78, 5) is 38.9. The summed E-state index contributed by atoms with van der Waals surface area (Å²) in [6, 6.07) is 3.20. The van der Waals surface area contributed by atoms with Crippen molar-refractivity contribution in [3.8, 4) is 5.75 Å². The fourth-order valence-corrected chi connectivity index (χ4v) is 3.48. The molecule has 1 aliphatic rings. The van der Waals surface area contributed by atoms with Crippen molar-refractivity contribution in [1.29, 1.82) is 0 Å². The first kappa shape index (κ1) is 27.5. The Morgan fingerprint density at radius 3 is 2.19 bits per heavy atom. The van der Waals surface area contributed by atoms with E-state index in [0.717, 1.165) is 36.2 Å². The molecule has 2 aromatic carbocycles. The lowest BCUT2D eigenvalue weighted by Gasteiger charge is -2.26. The molecule has 0 bridgehead atoms. The molecule has 3 rings (SSSR count). The molecule has 200 valence electrons. The SMILES string of the molecule is CN(C(=O)Oc1c(N2CCN(CCC(N)=O)C2=O)cc(C(F)(F)F)cc1C(F)(F)F)c1ccc(F)cc1. The van der Waals surface area contributed by atoms with Crippen LogP contribution in [0.15, 0.2) is 36.4 Å². The number of nitrogens with zero attached hydrogens (tertiary/aromatic N) is 3. The maximum atomic E-state index is 13.9. The number of benzene rings is 2. The standard InChI is InChI=1S/C22H19F7N4O4/c1-31(14-4-2-13(23)3-5-14)20(36)37-18-15(22(27,28)29)10-12(21(24,25)26)11-16(18)33-9-8-32(19(33)35)7-6-17(30)34/h2-5,10-11H,6-9H2,1H3,(H2,30,34). The first-order valence-corrected chi connectivity index (χ1v) is 10.5. The quantitative estimate of drug-likeness (QED) is 0.546. The Morgan fingerprint density at radius 1 is 1.03 bits per heavy atom. The van der Waals surface area contributed by atoms with Crippen LogP contribution in [0.5, 0.6) is 5.75 Å². The first-order chi connectivity index (χ1) is 17.1. The number of nitrogens with two attached hydrogens (primary N) is 1. The molecule has 8 nitrogen and oxygen atoms in total. The van der Waals surface area contributed by atoms with Gasteiger partial charge in [-0.25, -0.2) is 14.0 Å². The van der Waals surface area contributed by atoms with E-state index < -0.39 is 58.8 Å². The van der Waals surface area contributed by atoms with Crippen molar-refractivity contribution in [3.05, 3.63) is 53.3 Å². The lowest BCUT2D eigenvalue weighted by molar-refractivity contribution is -0.143. The second kappa shape index (κ2) is 10.1. The number of rotatable bonds is 6. The molecule has 4 amide bonds. The molecule has 0 radical (unpaired) electrons. The molecule has 2 aromatic rings. The van der Waals surface area contributed by atoms with Gasteiger partial charge in [-0.05, 0) is 36.4 Å². The molecule has 1 aliphatic heterocycles. The average molecular weight is 536 g/mol. The second-order valence-corrected chi connectivity index (χ2v) is 7.91. The average Bonchev–Trinajstić information content (AvgIpc) is 3.16. The van der Waals surface area contributed by atoms with Gasteiger partial charge in [-0.3, -0.25) is 14.6 Å². The summed E-state index contributed by atoms with van der Waals surface area (Å²) in [6.45, 7) is -0.737. The molecule has 2 N–H and O–H groups in total. The highest BCUT2D eigenvalue weighted by atomic mass is 19.4. The van der Waals surface area contributed by atoms with Crippen LogP contribution < -0.4 is 20.3 Å². The molecular formula is C22H19F7N4O4. The molecule has 0 aromatic heterocycles. The van der Waals surface area contributed by atoms with Crippen LogP contribution in [0.25, 0.3) is 0 Å². The van der Waals surface area contributed by atoms with Gasteiger partial charge in [0, 0.05) is 38.8 Å². The molecule has 1 heterocycles. The van der Waals surface area contributed by atoms with E-state index in [2.05, 4.69) is 0 Å². The predicted molar refractivity (Wildman–Crippen MR) is 115 cm³/mol. The highest BCUT2D eigenvalue weighted by Crippen LogP contribution is 2.47. The van der Waals surface area contributed by atoms with Crippen LogP contribution in [0.4, 0.5) is 51.7 Å². The van der Waals surface area contributed by atoms with Crippen molar-refractivity contribution in [1.82, 2.24) is 4.90 Å². The Kier molecular flexibility index (Phi) is 7.55. The maximum Gasteiger partial charge on any atom is 0.420 e. The number of anilines is 2. The fourth-order valence-electron chi connectivity index (χ4n) is 3.48. The van der Waals surface area contributed by atoms with Gasteiger partial charge in [-0.2, -0.15) is 26.3 Å². The number of carbonyl (C=O) groups is 3. The third kappa shape index (κ3) is 6.21. The number of alkyl halides is 6. The van der Waals surface area contributed by atoms with Crippen LogP contribution >= 0.6 is 0 Å². The summed E-state index contributed by atoms with van der Waals surface area (Å²) in [5.74, 6) is -2.77. The number of carbonyl (C=O) groups excluding carboxylic acids is 3. The monoisotopic (exact) mass is 536 g/mol. The van der Waals surface area contributed by atoms with Gasteiger partial charge in [0.25, 0.3) is 0 Å². The predicted octanol–water partition coefficient (Wildman–Crippen LogP) is 4.62. The first-order valence-electron chi connectivity index (χ1n) is 10.5. The minimum Gasteiger partial charge on any atom is -0.407 e. The minimum absolute atomic E-state index is 0.00305. The zero-order chi connectivity index (χ0) is 27.7. The number of urea groups is 1. The molecule has 37 heavy (non-hydrogen) atoms. The summed E-state index contributed by atoms with van der Waals surface area (Å²) >= 11 is 0. The van der Waals surface area contributed by atoms with Crippen LogP contribution in [0.3, 0.4) is 0 Å². The van der Waals surface area contributed by atoms with Crippen molar-refractivity contribution >= 4 is 29.4 Å². The summed E-state index contributed by atoms with van der Waals surface area (Å²) in [6.07, 6.45) is -12.4. The van der Waals surface area contributed by atoms with Crippen LogP contribution in [0.1, 0.15) is 17.5 Å². The second-order valence-electron chi connectivity index (χ2n) is 7.91. The zero-order valence-corrected chi connectivity index (χ0v) is 19.0. The van der Waals surface area contributed by atoms with Crippen molar-refractivity contribution in [2.45, 2.75) is 18.8 Å². The lowest BCUT2D eigenvalue weighted by Crippen LogP contribution is -2.35. The molecule has 15 heteroatoms. The Labute approximate surface area is 205 Å². The van der Waals surface area contributed by atoms with Crippen molar-refractivity contribution in [2.75, 3.05) is 36.5 Å². The number of amides is 4. The minimum atomic E-state index is -5.42. The van der Waals surface area contributed by atoms with Crippen LogP contribution in [-0.2, 0) is 17.1 Å². The summed E-state index contributed by atoms with van der Waals surface area (Å²) in [5, 5.41) is 0. The Morgan fingerprint density at radius 2 is 1.65 bits per heavy atom. The summed E-state index contributed by atoms with van der Waals surface area (Å²) < 4.78 is 100. The topological polar surface area (TPSA) is 96.2 Å². The molecule has 0 aliphatic carbocycles. The van der Waals surface area contributed by atoms with E-state index >= 15 is 0 Å². The fraction of sp³-hybridized carbons (Fsp3) is 0.318. The molecule has 0 saturated carbocycles. The molecule has 1 fully saturated rings. The van der Waals surface area contributed by atoms with Gasteiger partial charge in [0.2, 0.25) is 5.91 Å². The number of hydrogen-bond acceptors (Lipinski definition) is 4. The third-order valence-corrected chi connectivity index (χ3v) is 5.39. The van der Waals surface area contributed by atoms with Crippen molar-refractivity contribution < 1.29 is 49.9 Å². The Bertz CT molecular complexity index is 1200. The largest absolute Gasteiger partial charge is 0.420 e. The van der Waals surface area contributed by atoms with E-state index in [1.165, 1.54) is 0 Å². The van der Waals surface area contributed by atoms with Gasteiger partial charge >= 0.3 is 24.5 Å². The van der Waals surface area contributed by atoms with E-state index in [0.29, 0.717) is 9.80 Å². The Hall–Kier alpha value is -4.04. The molecular weight excluding hydrogens is 517 g/mol. The number of halogens is 7. The van der Waals surface area contributed by atoms with Gasteiger partial charge in [-0.15, -0.1) is 0 Å². The highest BCUT2D eigenvalue weighted by Gasteiger charge is 2.44. The van der Waals surface area contributed by atoms with Gasteiger partial charge < -0.3 is 15.4 Å². The number of primary amides is 1. The number of hydrogen-bond donors (Lipinski definition) is 1. The highest BCUT2D eigenvalue weighted by molar-refractivity contribution is 5.98. The molecule has 0 spiro atoms. The normalized spacial score (nSPS) is 14.2. The summed E-state index contributed by atoms with van der Waals surface area (Å²) in [7, 11) is 1.08. The van der Waals surface area contributed by atoms with E-state index in [1.807, 2.05) is 0 Å². The number of ether oxygens (including phenoxy) is 1. The zero-order valence-electron chi connectivity index (χ0n) is 19.0. The van der Waals surface area contributed by atoms with E-state index in [-0.39, 0.29) is 43.9 Å². The van der Waals surface area contributed by atoms with Crippen LogP contribution in [0.2, 0.25) is 0 Å². The smallest absolute Gasteiger partial charge is 0.407 e. The molecule has 0 unspecified atom stereocenters. The van der Waals surface area contributed by atoms with Gasteiger partial charge in [0.05, 0.1) is 11.3 Å². The molecule has 0 atom stereocenters. The Balaban J connectivity index is 2.10. The van der Waals surface area contributed by atoms with Gasteiger partial charge in [-0.1, -0.05) is 0 Å². The lowest BCUT2D eigenvalue weighted by atomic mass is 10.1. The molecule has 1 saturated heterocycles. The van der Waals surface area contributed by atoms with Crippen LogP contribution in [-0.4, -0.2) is 49.6 Å². The van der Waals surface area contributed by atoms with E-state index in [9.17, 15) is 45.1 Å². The van der Waals surface area contributed by atoms with E-state index in [4.69, 9.17) is 10.5 Å². The van der Waals surface area contributed by atoms with E-state index in [1.54, 1.807) is 0 Å². The van der Waals surface area contributed by atoms with Crippen molar-refractivity contribution in [3.63, 3.8) is 0 Å². The summed E-state index contributed by atoms with van der Waals surface area (Å²) in [5.41, 5.74) is 0.416. The third-order valence-electron chi connectivity index (χ3n) is 5.39. The van der Waals surface area contributed by atoms with Gasteiger partial charge in [0.15, 0.2) is 5.75 Å². The van der Waals surface area contributed by atoms with Gasteiger partial charge in [0.1, 0.15) is 11.4 Å². The van der Waals surface area contributed by atoms with Crippen molar-refractivity contribution in [2.24, 2.45) is 5.73 Å². The maximum absolute atomic E-state index is 13.9. The van der Waals surface area contributed by atoms with Crippen LogP contribution in [0, 0.1) is 5.82 Å².